The number of thiophene rings is 1. The molecule has 0 fully saturated rings. The minimum atomic E-state index is -3.63. The number of carbonyl (C=O) groups excluding carboxylic acids is 1. The number of amides is 1. The Morgan fingerprint density at radius 1 is 1.32 bits per heavy atom. The molecule has 0 saturated heterocycles. The normalized spacial score (nSPS) is 11.3. The molecule has 0 unspecified atom stereocenters. The summed E-state index contributed by atoms with van der Waals surface area (Å²) in [6.45, 7) is 1.98. The van der Waals surface area contributed by atoms with E-state index in [1.807, 2.05) is 13.0 Å². The first-order valence-corrected chi connectivity index (χ1v) is 9.05. The number of hydrogen-bond acceptors (Lipinski definition) is 5. The SMILES string of the molecule is CCc1ccc(S(=O)(=O)NCC(=O)NCc2cccnc2)s1. The lowest BCUT2D eigenvalue weighted by atomic mass is 10.3. The van der Waals surface area contributed by atoms with E-state index in [0.717, 1.165) is 16.9 Å². The lowest BCUT2D eigenvalue weighted by Gasteiger charge is -2.06. The Labute approximate surface area is 133 Å². The summed E-state index contributed by atoms with van der Waals surface area (Å²) in [5.74, 6) is -0.389. The third-order valence-corrected chi connectivity index (χ3v) is 6.01. The molecule has 0 aromatic carbocycles. The second kappa shape index (κ2) is 7.48. The molecule has 0 radical (unpaired) electrons. The Bertz CT molecular complexity index is 727. The van der Waals surface area contributed by atoms with Gasteiger partial charge in [0, 0.05) is 23.8 Å². The van der Waals surface area contributed by atoms with Crippen molar-refractivity contribution in [2.75, 3.05) is 6.54 Å². The standard InChI is InChI=1S/C14H17N3O3S2/c1-2-12-5-6-14(21-12)22(19,20)17-10-13(18)16-9-11-4-3-7-15-8-11/h3-8,17H,2,9-10H2,1H3,(H,16,18). The van der Waals surface area contributed by atoms with Crippen LogP contribution in [0.1, 0.15) is 17.4 Å². The number of hydrogen-bond donors (Lipinski definition) is 2. The van der Waals surface area contributed by atoms with Crippen LogP contribution in [0.3, 0.4) is 0 Å². The Morgan fingerprint density at radius 3 is 2.77 bits per heavy atom. The van der Waals surface area contributed by atoms with E-state index < -0.39 is 10.0 Å². The number of aryl methyl sites for hydroxylation is 1. The highest BCUT2D eigenvalue weighted by molar-refractivity contribution is 7.91. The highest BCUT2D eigenvalue weighted by atomic mass is 32.2. The van der Waals surface area contributed by atoms with E-state index in [4.69, 9.17) is 0 Å². The van der Waals surface area contributed by atoms with E-state index >= 15 is 0 Å². The third kappa shape index (κ3) is 4.62. The average molecular weight is 339 g/mol. The van der Waals surface area contributed by atoms with Crippen LogP contribution in [0.15, 0.2) is 40.9 Å². The lowest BCUT2D eigenvalue weighted by molar-refractivity contribution is -0.120. The van der Waals surface area contributed by atoms with Crippen molar-refractivity contribution in [2.45, 2.75) is 24.1 Å². The predicted molar refractivity (Wildman–Crippen MR) is 85.0 cm³/mol. The van der Waals surface area contributed by atoms with Gasteiger partial charge in [0.2, 0.25) is 5.91 Å². The molecule has 0 bridgehead atoms. The number of nitrogens with zero attached hydrogens (tertiary/aromatic N) is 1. The molecule has 118 valence electrons. The van der Waals surface area contributed by atoms with Gasteiger partial charge in [-0.15, -0.1) is 11.3 Å². The van der Waals surface area contributed by atoms with Gasteiger partial charge in [0.25, 0.3) is 10.0 Å². The van der Waals surface area contributed by atoms with Crippen molar-refractivity contribution in [3.63, 3.8) is 0 Å². The van der Waals surface area contributed by atoms with Crippen LogP contribution in [0.25, 0.3) is 0 Å². The zero-order chi connectivity index (χ0) is 16.0. The molecule has 2 heterocycles. The van der Waals surface area contributed by atoms with Gasteiger partial charge in [0.15, 0.2) is 0 Å². The van der Waals surface area contributed by atoms with E-state index in [2.05, 4.69) is 15.0 Å². The highest BCUT2D eigenvalue weighted by Crippen LogP contribution is 2.21. The first-order valence-electron chi connectivity index (χ1n) is 6.75. The van der Waals surface area contributed by atoms with E-state index in [1.165, 1.54) is 11.3 Å². The molecule has 0 aliphatic rings. The quantitative estimate of drug-likeness (QED) is 0.796. The molecule has 0 saturated carbocycles. The van der Waals surface area contributed by atoms with Crippen molar-refractivity contribution in [3.8, 4) is 0 Å². The van der Waals surface area contributed by atoms with Crippen LogP contribution in [0.2, 0.25) is 0 Å². The van der Waals surface area contributed by atoms with E-state index in [0.29, 0.717) is 6.54 Å². The van der Waals surface area contributed by atoms with Crippen molar-refractivity contribution in [2.24, 2.45) is 0 Å². The van der Waals surface area contributed by atoms with Gasteiger partial charge >= 0.3 is 0 Å². The summed E-state index contributed by atoms with van der Waals surface area (Å²) >= 11 is 1.21. The molecule has 22 heavy (non-hydrogen) atoms. The molecule has 0 spiro atoms. The van der Waals surface area contributed by atoms with Gasteiger partial charge in [-0.1, -0.05) is 13.0 Å². The third-order valence-electron chi connectivity index (χ3n) is 2.89. The Hall–Kier alpha value is -1.77. The minimum Gasteiger partial charge on any atom is -0.351 e. The van der Waals surface area contributed by atoms with E-state index in [9.17, 15) is 13.2 Å². The predicted octanol–water partition coefficient (Wildman–Crippen LogP) is 1.30. The maximum atomic E-state index is 12.0. The molecule has 2 rings (SSSR count). The van der Waals surface area contributed by atoms with Crippen LogP contribution in [-0.4, -0.2) is 25.9 Å². The first-order chi connectivity index (χ1) is 10.5. The lowest BCUT2D eigenvalue weighted by Crippen LogP contribution is -2.36. The molecule has 0 aliphatic heterocycles. The molecular weight excluding hydrogens is 322 g/mol. The summed E-state index contributed by atoms with van der Waals surface area (Å²) < 4.78 is 26.6. The van der Waals surface area contributed by atoms with Crippen LogP contribution in [-0.2, 0) is 27.8 Å². The van der Waals surface area contributed by atoms with E-state index in [1.54, 1.807) is 30.6 Å². The first kappa shape index (κ1) is 16.6. The van der Waals surface area contributed by atoms with Crippen molar-refractivity contribution in [3.05, 3.63) is 47.1 Å². The maximum Gasteiger partial charge on any atom is 0.250 e. The fourth-order valence-corrected chi connectivity index (χ4v) is 4.01. The zero-order valence-electron chi connectivity index (χ0n) is 12.1. The largest absolute Gasteiger partial charge is 0.351 e. The Balaban J connectivity index is 1.85. The van der Waals surface area contributed by atoms with Crippen LogP contribution >= 0.6 is 11.3 Å². The Morgan fingerprint density at radius 2 is 2.14 bits per heavy atom. The molecule has 2 aromatic rings. The van der Waals surface area contributed by atoms with Crippen LogP contribution < -0.4 is 10.0 Å². The topological polar surface area (TPSA) is 88.2 Å². The van der Waals surface area contributed by atoms with Gasteiger partial charge in [0.05, 0.1) is 6.54 Å². The number of pyridine rings is 1. The number of aromatic nitrogens is 1. The summed E-state index contributed by atoms with van der Waals surface area (Å²) in [5, 5.41) is 2.64. The maximum absolute atomic E-state index is 12.0. The van der Waals surface area contributed by atoms with Crippen molar-refractivity contribution >= 4 is 27.3 Å². The number of rotatable bonds is 7. The summed E-state index contributed by atoms with van der Waals surface area (Å²) in [7, 11) is -3.63. The number of nitrogens with one attached hydrogen (secondary N) is 2. The monoisotopic (exact) mass is 339 g/mol. The van der Waals surface area contributed by atoms with Crippen LogP contribution in [0.4, 0.5) is 0 Å². The molecule has 2 N–H and O–H groups in total. The number of carbonyl (C=O) groups is 1. The highest BCUT2D eigenvalue weighted by Gasteiger charge is 2.17. The van der Waals surface area contributed by atoms with Crippen LogP contribution in [0, 0.1) is 0 Å². The van der Waals surface area contributed by atoms with Crippen molar-refractivity contribution < 1.29 is 13.2 Å². The molecular formula is C14H17N3O3S2. The number of sulfonamides is 1. The van der Waals surface area contributed by atoms with Gasteiger partial charge in [-0.25, -0.2) is 13.1 Å². The minimum absolute atomic E-state index is 0.226. The van der Waals surface area contributed by atoms with E-state index in [-0.39, 0.29) is 16.7 Å². The summed E-state index contributed by atoms with van der Waals surface area (Å²) in [5.41, 5.74) is 0.851. The smallest absolute Gasteiger partial charge is 0.250 e. The van der Waals surface area contributed by atoms with Gasteiger partial charge in [0.1, 0.15) is 4.21 Å². The fraction of sp³-hybridized carbons (Fsp3) is 0.286. The second-order valence-corrected chi connectivity index (χ2v) is 7.70. The summed E-state index contributed by atoms with van der Waals surface area (Å²) in [4.78, 5) is 16.6. The molecule has 0 atom stereocenters. The molecule has 6 nitrogen and oxygen atoms in total. The fourth-order valence-electron chi connectivity index (χ4n) is 1.69. The molecule has 1 amide bonds. The zero-order valence-corrected chi connectivity index (χ0v) is 13.7. The van der Waals surface area contributed by atoms with Gasteiger partial charge in [-0.3, -0.25) is 9.78 Å². The Kier molecular flexibility index (Phi) is 5.64. The summed E-state index contributed by atoms with van der Waals surface area (Å²) in [6, 6.07) is 6.93. The molecule has 2 aromatic heterocycles. The average Bonchev–Trinajstić information content (AvgIpc) is 3.02. The van der Waals surface area contributed by atoms with Crippen molar-refractivity contribution in [1.82, 2.24) is 15.0 Å². The van der Waals surface area contributed by atoms with Crippen molar-refractivity contribution in [1.29, 1.82) is 0 Å². The second-order valence-electron chi connectivity index (χ2n) is 4.54. The summed E-state index contributed by atoms with van der Waals surface area (Å²) in [6.07, 6.45) is 4.07. The van der Waals surface area contributed by atoms with Gasteiger partial charge in [-0.05, 0) is 30.2 Å². The molecule has 8 heteroatoms. The molecule has 0 aliphatic carbocycles. The van der Waals surface area contributed by atoms with Gasteiger partial charge < -0.3 is 5.32 Å². The van der Waals surface area contributed by atoms with Gasteiger partial charge in [-0.2, -0.15) is 0 Å². The van der Waals surface area contributed by atoms with Crippen LogP contribution in [0.5, 0.6) is 0 Å².